The van der Waals surface area contributed by atoms with Crippen LogP contribution in [0.5, 0.6) is 5.75 Å². The second-order valence-corrected chi connectivity index (χ2v) is 8.96. The van der Waals surface area contributed by atoms with Gasteiger partial charge in [0.05, 0.1) is 7.11 Å². The summed E-state index contributed by atoms with van der Waals surface area (Å²) in [6, 6.07) is 7.58. The molecular weight excluding hydrogens is 360 g/mol. The molecule has 4 rings (SSSR count). The van der Waals surface area contributed by atoms with Gasteiger partial charge in [0, 0.05) is 17.7 Å². The molecule has 1 N–H and O–H groups in total. The van der Waals surface area contributed by atoms with Crippen LogP contribution in [0.2, 0.25) is 0 Å². The first kappa shape index (κ1) is 18.1. The van der Waals surface area contributed by atoms with Crippen LogP contribution in [0, 0.1) is 5.41 Å². The van der Waals surface area contributed by atoms with Crippen LogP contribution >= 0.6 is 11.8 Å². The topological polar surface area (TPSA) is 69.0 Å². The maximum absolute atomic E-state index is 13.1. The van der Waals surface area contributed by atoms with Gasteiger partial charge in [-0.25, -0.2) is 4.68 Å². The third-order valence-electron chi connectivity index (χ3n) is 5.00. The molecule has 0 fully saturated rings. The minimum absolute atomic E-state index is 0.0644. The highest BCUT2D eigenvalue weighted by Crippen LogP contribution is 2.45. The summed E-state index contributed by atoms with van der Waals surface area (Å²) in [5, 5.41) is 8.81. The van der Waals surface area contributed by atoms with E-state index < -0.39 is 0 Å². The Hall–Kier alpha value is -2.28. The molecule has 1 atom stereocenters. The Morgan fingerprint density at radius 2 is 2.19 bits per heavy atom. The van der Waals surface area contributed by atoms with E-state index in [1.807, 2.05) is 28.9 Å². The molecule has 7 heteroatoms. The van der Waals surface area contributed by atoms with E-state index >= 15 is 0 Å². The molecule has 1 aliphatic heterocycles. The summed E-state index contributed by atoms with van der Waals surface area (Å²) in [4.78, 5) is 17.8. The van der Waals surface area contributed by atoms with Gasteiger partial charge in [-0.2, -0.15) is 4.98 Å². The summed E-state index contributed by atoms with van der Waals surface area (Å²) in [5.74, 6) is 2.53. The lowest BCUT2D eigenvalue weighted by molar-refractivity contribution is -0.118. The number of nitrogens with zero attached hydrogens (tertiary/aromatic N) is 3. The Balaban J connectivity index is 1.88. The summed E-state index contributed by atoms with van der Waals surface area (Å²) >= 11 is 1.60. The van der Waals surface area contributed by atoms with Gasteiger partial charge in [-0.15, -0.1) is 5.10 Å². The van der Waals surface area contributed by atoms with Crippen LogP contribution in [-0.4, -0.2) is 33.4 Å². The van der Waals surface area contributed by atoms with Gasteiger partial charge in [-0.05, 0) is 35.3 Å². The molecule has 2 aliphatic rings. The van der Waals surface area contributed by atoms with Crippen molar-refractivity contribution in [3.05, 3.63) is 41.1 Å². The van der Waals surface area contributed by atoms with Crippen LogP contribution in [0.25, 0.3) is 0 Å². The molecule has 6 nitrogen and oxygen atoms in total. The van der Waals surface area contributed by atoms with E-state index in [0.717, 1.165) is 39.9 Å². The van der Waals surface area contributed by atoms with Gasteiger partial charge in [0.15, 0.2) is 5.78 Å². The van der Waals surface area contributed by atoms with Crippen molar-refractivity contribution in [2.24, 2.45) is 5.41 Å². The molecular formula is C20H24N4O2S. The summed E-state index contributed by atoms with van der Waals surface area (Å²) in [6.07, 6.45) is 1.35. The van der Waals surface area contributed by atoms with Crippen molar-refractivity contribution in [1.82, 2.24) is 14.8 Å². The average Bonchev–Trinajstić information content (AvgIpc) is 3.01. The highest BCUT2D eigenvalue weighted by Gasteiger charge is 2.41. The van der Waals surface area contributed by atoms with Crippen LogP contribution in [0.15, 0.2) is 40.7 Å². The van der Waals surface area contributed by atoms with E-state index in [1.165, 1.54) is 0 Å². The molecule has 1 aliphatic carbocycles. The van der Waals surface area contributed by atoms with Crippen molar-refractivity contribution in [2.75, 3.05) is 18.2 Å². The number of thioether (sulfide) groups is 1. The third-order valence-corrected chi connectivity index (χ3v) is 5.72. The minimum Gasteiger partial charge on any atom is -0.497 e. The van der Waals surface area contributed by atoms with Crippen molar-refractivity contribution in [3.63, 3.8) is 0 Å². The Morgan fingerprint density at radius 3 is 2.93 bits per heavy atom. The van der Waals surface area contributed by atoms with Gasteiger partial charge in [-0.3, -0.25) is 4.79 Å². The fourth-order valence-electron chi connectivity index (χ4n) is 3.90. The van der Waals surface area contributed by atoms with Gasteiger partial charge in [0.1, 0.15) is 11.8 Å². The van der Waals surface area contributed by atoms with Crippen LogP contribution in [0.4, 0.5) is 5.95 Å². The zero-order chi connectivity index (χ0) is 19.2. The molecule has 0 bridgehead atoms. The smallest absolute Gasteiger partial charge is 0.227 e. The monoisotopic (exact) mass is 384 g/mol. The van der Waals surface area contributed by atoms with Gasteiger partial charge < -0.3 is 10.1 Å². The number of Topliss-reactive ketones (excluding diaryl/α,β-unsaturated/α-hetero) is 1. The number of ketones is 1. The number of hydrogen-bond acceptors (Lipinski definition) is 6. The molecule has 0 spiro atoms. The molecule has 1 unspecified atom stereocenters. The highest BCUT2D eigenvalue weighted by atomic mass is 32.2. The molecule has 0 saturated heterocycles. The number of methoxy groups -OCH3 is 1. The molecule has 142 valence electrons. The van der Waals surface area contributed by atoms with E-state index in [-0.39, 0.29) is 17.2 Å². The molecule has 2 aromatic rings. The normalized spacial score (nSPS) is 20.7. The molecule has 0 saturated carbocycles. The van der Waals surface area contributed by atoms with Crippen LogP contribution < -0.4 is 10.1 Å². The largest absolute Gasteiger partial charge is 0.497 e. The van der Waals surface area contributed by atoms with Gasteiger partial charge in [-0.1, -0.05) is 44.7 Å². The first-order valence-electron chi connectivity index (χ1n) is 9.18. The zero-order valence-electron chi connectivity index (χ0n) is 16.1. The van der Waals surface area contributed by atoms with Crippen molar-refractivity contribution < 1.29 is 9.53 Å². The minimum atomic E-state index is -0.284. The molecule has 2 heterocycles. The Labute approximate surface area is 163 Å². The number of anilines is 1. The predicted molar refractivity (Wildman–Crippen MR) is 106 cm³/mol. The Morgan fingerprint density at radius 1 is 1.37 bits per heavy atom. The summed E-state index contributed by atoms with van der Waals surface area (Å²) in [7, 11) is 1.65. The Kier molecular flexibility index (Phi) is 4.50. The molecule has 27 heavy (non-hydrogen) atoms. The van der Waals surface area contributed by atoms with Crippen LogP contribution in [-0.2, 0) is 4.79 Å². The molecule has 0 radical (unpaired) electrons. The SMILES string of the molecule is CCSc1nc2n(n1)C(c1cccc(OC)c1)C1=C(CC(C)(C)CC1=O)N2. The van der Waals surface area contributed by atoms with Crippen LogP contribution in [0.3, 0.4) is 0 Å². The fourth-order valence-corrected chi connectivity index (χ4v) is 4.45. The second kappa shape index (κ2) is 6.71. The molecule has 0 amide bonds. The van der Waals surface area contributed by atoms with E-state index in [4.69, 9.17) is 9.84 Å². The highest BCUT2D eigenvalue weighted by molar-refractivity contribution is 7.99. The quantitative estimate of drug-likeness (QED) is 0.802. The van der Waals surface area contributed by atoms with Crippen molar-refractivity contribution >= 4 is 23.5 Å². The first-order chi connectivity index (χ1) is 12.9. The van der Waals surface area contributed by atoms with Crippen molar-refractivity contribution in [2.45, 2.75) is 44.8 Å². The van der Waals surface area contributed by atoms with Crippen LogP contribution in [0.1, 0.15) is 45.2 Å². The van der Waals surface area contributed by atoms with Crippen molar-refractivity contribution in [1.29, 1.82) is 0 Å². The van der Waals surface area contributed by atoms with Crippen molar-refractivity contribution in [3.8, 4) is 5.75 Å². The Bertz CT molecular complexity index is 932. The molecule has 1 aromatic heterocycles. The number of rotatable bonds is 4. The second-order valence-electron chi connectivity index (χ2n) is 7.73. The maximum Gasteiger partial charge on any atom is 0.227 e. The lowest BCUT2D eigenvalue weighted by atomic mass is 9.73. The number of hydrogen-bond donors (Lipinski definition) is 1. The standard InChI is InChI=1S/C20H24N4O2S/c1-5-27-19-22-18-21-14-10-20(2,3)11-15(25)16(14)17(24(18)23-19)12-7-6-8-13(9-12)26-4/h6-9,17H,5,10-11H2,1-4H3,(H,21,22,23). The first-order valence-corrected chi connectivity index (χ1v) is 10.2. The number of aromatic nitrogens is 3. The lowest BCUT2D eigenvalue weighted by Gasteiger charge is -2.38. The fraction of sp³-hybridized carbons (Fsp3) is 0.450. The zero-order valence-corrected chi connectivity index (χ0v) is 16.9. The predicted octanol–water partition coefficient (Wildman–Crippen LogP) is 4.06. The summed E-state index contributed by atoms with van der Waals surface area (Å²) in [6.45, 7) is 6.34. The van der Waals surface area contributed by atoms with E-state index in [1.54, 1.807) is 18.9 Å². The van der Waals surface area contributed by atoms with Gasteiger partial charge in [0.25, 0.3) is 0 Å². The summed E-state index contributed by atoms with van der Waals surface area (Å²) < 4.78 is 7.26. The number of nitrogens with one attached hydrogen (secondary N) is 1. The van der Waals surface area contributed by atoms with Gasteiger partial charge in [0.2, 0.25) is 11.1 Å². The van der Waals surface area contributed by atoms with Gasteiger partial charge >= 0.3 is 0 Å². The number of carbonyl (C=O) groups excluding carboxylic acids is 1. The molecule has 1 aromatic carbocycles. The lowest BCUT2D eigenvalue weighted by Crippen LogP contribution is -2.36. The number of fused-ring (bicyclic) bond motifs is 1. The number of carbonyl (C=O) groups is 1. The van der Waals surface area contributed by atoms with E-state index in [0.29, 0.717) is 12.4 Å². The summed E-state index contributed by atoms with van der Waals surface area (Å²) in [5.41, 5.74) is 2.69. The number of ether oxygens (including phenoxy) is 1. The number of allylic oxidation sites excluding steroid dienone is 2. The number of benzene rings is 1. The maximum atomic E-state index is 13.1. The van der Waals surface area contributed by atoms with E-state index in [9.17, 15) is 4.79 Å². The average molecular weight is 385 g/mol. The van der Waals surface area contributed by atoms with E-state index in [2.05, 4.69) is 31.1 Å². The third kappa shape index (κ3) is 3.25.